The summed E-state index contributed by atoms with van der Waals surface area (Å²) in [5.41, 5.74) is 3.05. The van der Waals surface area contributed by atoms with Crippen molar-refractivity contribution in [3.63, 3.8) is 0 Å². The van der Waals surface area contributed by atoms with E-state index in [0.717, 1.165) is 81.6 Å². The highest BCUT2D eigenvalue weighted by Gasteiger charge is 2.52. The molecule has 3 heterocycles. The molecule has 4 fully saturated rings. The van der Waals surface area contributed by atoms with Gasteiger partial charge in [0.15, 0.2) is 0 Å². The van der Waals surface area contributed by atoms with Crippen LogP contribution >= 0.6 is 0 Å². The molecule has 258 valence electrons. The molecule has 1 saturated carbocycles. The second-order valence-corrected chi connectivity index (χ2v) is 14.3. The molecule has 0 radical (unpaired) electrons. The Bertz CT molecular complexity index is 1500. The van der Waals surface area contributed by atoms with E-state index in [1.165, 1.54) is 20.1 Å². The summed E-state index contributed by atoms with van der Waals surface area (Å²) in [6.45, 7) is 8.07. The minimum Gasteiger partial charge on any atom is -0.453 e. The van der Waals surface area contributed by atoms with Gasteiger partial charge >= 0.3 is 6.09 Å². The largest absolute Gasteiger partial charge is 0.453 e. The van der Waals surface area contributed by atoms with Gasteiger partial charge in [-0.2, -0.15) is 5.26 Å². The van der Waals surface area contributed by atoms with Crippen LogP contribution in [0.15, 0.2) is 42.5 Å². The fourth-order valence-electron chi connectivity index (χ4n) is 8.92. The minimum absolute atomic E-state index is 0.0128. The molecule has 0 aromatic heterocycles. The number of alkyl carbamates (subject to hydrolysis) is 1. The number of anilines is 1. The molecule has 0 spiro atoms. The number of amides is 2. The van der Waals surface area contributed by atoms with Gasteiger partial charge < -0.3 is 25.2 Å². The number of likely N-dealkylation sites (tertiary alicyclic amines) is 2. The van der Waals surface area contributed by atoms with Crippen molar-refractivity contribution in [2.24, 2.45) is 17.8 Å². The van der Waals surface area contributed by atoms with Gasteiger partial charge in [0.1, 0.15) is 12.0 Å². The van der Waals surface area contributed by atoms with E-state index in [4.69, 9.17) is 4.74 Å². The minimum atomic E-state index is -0.766. The maximum Gasteiger partial charge on any atom is 0.407 e. The van der Waals surface area contributed by atoms with Crippen molar-refractivity contribution in [1.29, 1.82) is 5.26 Å². The predicted octanol–water partition coefficient (Wildman–Crippen LogP) is 4.60. The van der Waals surface area contributed by atoms with Gasteiger partial charge in [-0.05, 0) is 92.1 Å². The third-order valence-corrected chi connectivity index (χ3v) is 11.3. The molecule has 2 aromatic carbocycles. The summed E-state index contributed by atoms with van der Waals surface area (Å²) in [5.74, 6) is 0.298. The Morgan fingerprint density at radius 2 is 1.81 bits per heavy atom. The van der Waals surface area contributed by atoms with Gasteiger partial charge in [-0.1, -0.05) is 18.6 Å². The monoisotopic (exact) mass is 662 g/mol. The molecule has 9 nitrogen and oxygen atoms in total. The Morgan fingerprint density at radius 3 is 2.48 bits per heavy atom. The molecule has 4 aliphatic rings. The lowest BCUT2D eigenvalue weighted by atomic mass is 9.58. The molecule has 1 aliphatic carbocycles. The smallest absolute Gasteiger partial charge is 0.407 e. The fourth-order valence-corrected chi connectivity index (χ4v) is 8.92. The maximum atomic E-state index is 14.8. The summed E-state index contributed by atoms with van der Waals surface area (Å²) in [5, 5.41) is 15.8. The van der Waals surface area contributed by atoms with E-state index in [1.807, 2.05) is 23.1 Å². The van der Waals surface area contributed by atoms with Crippen LogP contribution in [0.4, 0.5) is 19.3 Å². The van der Waals surface area contributed by atoms with Gasteiger partial charge in [-0.25, -0.2) is 13.6 Å². The zero-order valence-corrected chi connectivity index (χ0v) is 28.1. The molecule has 0 unspecified atom stereocenters. The average molecular weight is 663 g/mol. The zero-order valence-electron chi connectivity index (χ0n) is 28.1. The number of alkyl halides is 1. The Labute approximate surface area is 282 Å². The van der Waals surface area contributed by atoms with Crippen molar-refractivity contribution in [1.82, 2.24) is 20.4 Å². The number of rotatable bonds is 11. The summed E-state index contributed by atoms with van der Waals surface area (Å²) in [6, 6.07) is 15.0. The maximum absolute atomic E-state index is 14.8. The van der Waals surface area contributed by atoms with Gasteiger partial charge in [-0.15, -0.1) is 0 Å². The van der Waals surface area contributed by atoms with Crippen LogP contribution in [-0.2, 0) is 21.5 Å². The van der Waals surface area contributed by atoms with Crippen molar-refractivity contribution in [2.75, 3.05) is 64.4 Å². The number of nitrogens with zero attached hydrogens (tertiary/aromatic N) is 4. The van der Waals surface area contributed by atoms with Crippen LogP contribution in [0.25, 0.3) is 0 Å². The number of piperidine rings is 1. The van der Waals surface area contributed by atoms with Crippen molar-refractivity contribution in [2.45, 2.75) is 63.2 Å². The number of carbonyl (C=O) groups excluding carboxylic acids is 2. The number of ether oxygens (including phenoxy) is 1. The summed E-state index contributed by atoms with van der Waals surface area (Å²) >= 11 is 0. The Morgan fingerprint density at radius 1 is 1.04 bits per heavy atom. The van der Waals surface area contributed by atoms with Crippen molar-refractivity contribution in [3.8, 4) is 6.07 Å². The van der Waals surface area contributed by atoms with Gasteiger partial charge in [-0.3, -0.25) is 9.69 Å². The van der Waals surface area contributed by atoms with Crippen LogP contribution in [0.3, 0.4) is 0 Å². The number of nitriles is 1. The number of halogens is 2. The number of hydrogen-bond donors (Lipinski definition) is 2. The molecular weight excluding hydrogens is 614 g/mol. The van der Waals surface area contributed by atoms with Gasteiger partial charge in [0, 0.05) is 75.8 Å². The second kappa shape index (κ2) is 14.8. The topological polar surface area (TPSA) is 101 Å². The fraction of sp³-hybridized carbons (Fsp3) is 0.595. The highest BCUT2D eigenvalue weighted by molar-refractivity contribution is 5.73. The number of carbonyl (C=O) groups is 2. The molecular formula is C37H48F2N6O3. The van der Waals surface area contributed by atoms with E-state index >= 15 is 0 Å². The van der Waals surface area contributed by atoms with Crippen LogP contribution < -0.4 is 15.5 Å². The summed E-state index contributed by atoms with van der Waals surface area (Å²) < 4.78 is 33.2. The summed E-state index contributed by atoms with van der Waals surface area (Å²) in [6.07, 6.45) is 3.20. The molecule has 3 atom stereocenters. The molecule has 2 aromatic rings. The van der Waals surface area contributed by atoms with Crippen LogP contribution in [0.5, 0.6) is 0 Å². The highest BCUT2D eigenvalue weighted by Crippen LogP contribution is 2.50. The van der Waals surface area contributed by atoms with Crippen LogP contribution in [0.1, 0.15) is 55.7 Å². The van der Waals surface area contributed by atoms with Crippen LogP contribution in [0, 0.1) is 34.9 Å². The van der Waals surface area contributed by atoms with E-state index in [2.05, 4.69) is 32.6 Å². The molecule has 2 N–H and O–H groups in total. The van der Waals surface area contributed by atoms with E-state index in [0.29, 0.717) is 37.7 Å². The van der Waals surface area contributed by atoms with Crippen molar-refractivity contribution in [3.05, 3.63) is 65.0 Å². The van der Waals surface area contributed by atoms with Crippen molar-refractivity contribution >= 4 is 17.7 Å². The molecule has 0 bridgehead atoms. The van der Waals surface area contributed by atoms with Gasteiger partial charge in [0.05, 0.1) is 18.7 Å². The van der Waals surface area contributed by atoms with E-state index in [1.54, 1.807) is 12.1 Å². The van der Waals surface area contributed by atoms with E-state index in [-0.39, 0.29) is 29.6 Å². The van der Waals surface area contributed by atoms with Crippen LogP contribution in [0.2, 0.25) is 0 Å². The van der Waals surface area contributed by atoms with Crippen molar-refractivity contribution < 1.29 is 23.1 Å². The highest BCUT2D eigenvalue weighted by atomic mass is 19.1. The standard InChI is InChI=1S/C37H48F2N6O3/c1-25(46)41-24-37(30-5-3-6-31(38)16-30,34-7-4-8-35(34)42-36(47)48-2)29-11-13-43(14-12-29)18-26-19-45(20-26)33-10-9-27(17-40)28(15-33)21-44-22-32(39)23-44/h3,5-6,9-10,15-16,26,29,32,34-35H,4,7-8,11-14,18-24H2,1-2H3,(H,41,46)(H,42,47)/t34-,35-,37-/m0/s1. The number of hydrogen-bond acceptors (Lipinski definition) is 7. The average Bonchev–Trinajstić information content (AvgIpc) is 3.51. The Hall–Kier alpha value is -3.75. The number of nitrogens with one attached hydrogen (secondary N) is 2. The van der Waals surface area contributed by atoms with Gasteiger partial charge in [0.2, 0.25) is 5.91 Å². The number of methoxy groups -OCH3 is 1. The van der Waals surface area contributed by atoms with Gasteiger partial charge in [0.25, 0.3) is 0 Å². The molecule has 6 rings (SSSR count). The third kappa shape index (κ3) is 7.30. The number of benzene rings is 2. The molecule has 11 heteroatoms. The summed E-state index contributed by atoms with van der Waals surface area (Å²) in [4.78, 5) is 31.6. The first-order valence-electron chi connectivity index (χ1n) is 17.4. The lowest BCUT2D eigenvalue weighted by Gasteiger charge is -2.51. The third-order valence-electron chi connectivity index (χ3n) is 11.3. The molecule has 2 amide bonds. The summed E-state index contributed by atoms with van der Waals surface area (Å²) in [7, 11) is 1.37. The zero-order chi connectivity index (χ0) is 33.8. The lowest BCUT2D eigenvalue weighted by molar-refractivity contribution is -0.119. The molecule has 48 heavy (non-hydrogen) atoms. The Balaban J connectivity index is 1.13. The lowest BCUT2D eigenvalue weighted by Crippen LogP contribution is -2.58. The molecule has 3 aliphatic heterocycles. The first-order valence-corrected chi connectivity index (χ1v) is 17.4. The SMILES string of the molecule is COC(=O)N[C@H]1CCC[C@@H]1[C@](CNC(C)=O)(c1cccc(F)c1)C1CCN(CC2CN(c3ccc(C#N)c(CN4CC(F)C4)c3)C2)CC1. The normalized spacial score (nSPS) is 23.9. The van der Waals surface area contributed by atoms with E-state index in [9.17, 15) is 23.6 Å². The quantitative estimate of drug-likeness (QED) is 0.363. The van der Waals surface area contributed by atoms with Crippen LogP contribution in [-0.4, -0.2) is 93.5 Å². The first-order chi connectivity index (χ1) is 23.2. The second-order valence-electron chi connectivity index (χ2n) is 14.3. The Kier molecular flexibility index (Phi) is 10.5. The first kappa shape index (κ1) is 34.1. The van der Waals surface area contributed by atoms with E-state index < -0.39 is 17.7 Å². The molecule has 3 saturated heterocycles. The predicted molar refractivity (Wildman–Crippen MR) is 180 cm³/mol.